The van der Waals surface area contributed by atoms with Crippen molar-refractivity contribution in [1.29, 1.82) is 5.26 Å². The van der Waals surface area contributed by atoms with Crippen molar-refractivity contribution in [2.24, 2.45) is 5.73 Å². The molecular formula is C7H9N3O2S2. The number of thiophene rings is 1. The second-order valence-corrected chi connectivity index (χ2v) is 5.49. The third kappa shape index (κ3) is 2.52. The van der Waals surface area contributed by atoms with Crippen molar-refractivity contribution >= 4 is 21.4 Å². The second kappa shape index (κ2) is 4.52. The summed E-state index contributed by atoms with van der Waals surface area (Å²) >= 11 is 0.938. The Morgan fingerprint density at radius 3 is 2.79 bits per heavy atom. The summed E-state index contributed by atoms with van der Waals surface area (Å²) in [6, 6.07) is 4.76. The molecule has 0 spiro atoms. The lowest BCUT2D eigenvalue weighted by Gasteiger charge is -2.01. The van der Waals surface area contributed by atoms with E-state index in [1.54, 1.807) is 0 Å². The van der Waals surface area contributed by atoms with Gasteiger partial charge in [-0.2, -0.15) is 5.26 Å². The van der Waals surface area contributed by atoms with E-state index in [2.05, 4.69) is 4.72 Å². The zero-order valence-corrected chi connectivity index (χ0v) is 8.86. The maximum absolute atomic E-state index is 11.5. The van der Waals surface area contributed by atoms with Crippen molar-refractivity contribution in [2.45, 2.75) is 4.21 Å². The van der Waals surface area contributed by atoms with Gasteiger partial charge in [0.2, 0.25) is 10.0 Å². The molecule has 76 valence electrons. The molecule has 7 heteroatoms. The number of nitriles is 1. The molecule has 0 aliphatic carbocycles. The van der Waals surface area contributed by atoms with Gasteiger partial charge in [-0.05, 0) is 12.1 Å². The fourth-order valence-corrected chi connectivity index (χ4v) is 2.98. The third-order valence-electron chi connectivity index (χ3n) is 1.39. The SMILES string of the molecule is N#Cc1ccc(S(=O)(=O)NCCN)s1. The average molecular weight is 231 g/mol. The summed E-state index contributed by atoms with van der Waals surface area (Å²) in [6.07, 6.45) is 0. The number of sulfonamides is 1. The van der Waals surface area contributed by atoms with Crippen LogP contribution < -0.4 is 10.5 Å². The minimum atomic E-state index is -3.47. The summed E-state index contributed by atoms with van der Waals surface area (Å²) in [7, 11) is -3.47. The van der Waals surface area contributed by atoms with Gasteiger partial charge in [0.15, 0.2) is 0 Å². The summed E-state index contributed by atoms with van der Waals surface area (Å²) in [6.45, 7) is 0.442. The van der Waals surface area contributed by atoms with E-state index in [0.717, 1.165) is 11.3 Å². The van der Waals surface area contributed by atoms with Gasteiger partial charge >= 0.3 is 0 Å². The van der Waals surface area contributed by atoms with Crippen molar-refractivity contribution in [2.75, 3.05) is 13.1 Å². The fraction of sp³-hybridized carbons (Fsp3) is 0.286. The number of nitrogens with two attached hydrogens (primary N) is 1. The lowest BCUT2D eigenvalue weighted by Crippen LogP contribution is -2.28. The minimum absolute atomic E-state index is 0.141. The van der Waals surface area contributed by atoms with E-state index in [0.29, 0.717) is 4.88 Å². The van der Waals surface area contributed by atoms with E-state index >= 15 is 0 Å². The Kier molecular flexibility index (Phi) is 3.60. The maximum Gasteiger partial charge on any atom is 0.250 e. The van der Waals surface area contributed by atoms with Crippen LogP contribution in [0.2, 0.25) is 0 Å². The predicted octanol–water partition coefficient (Wildman–Crippen LogP) is -0.143. The standard InChI is InChI=1S/C7H9N3O2S2/c8-3-4-10-14(11,12)7-2-1-6(5-9)13-7/h1-2,10H,3-4,8H2. The van der Waals surface area contributed by atoms with E-state index in [-0.39, 0.29) is 17.3 Å². The predicted molar refractivity (Wildman–Crippen MR) is 53.3 cm³/mol. The maximum atomic E-state index is 11.5. The first-order valence-corrected chi connectivity index (χ1v) is 6.10. The van der Waals surface area contributed by atoms with Gasteiger partial charge in [0.05, 0.1) is 0 Å². The quantitative estimate of drug-likeness (QED) is 0.753. The third-order valence-corrected chi connectivity index (χ3v) is 4.34. The molecule has 1 rings (SSSR count). The van der Waals surface area contributed by atoms with Gasteiger partial charge in [0.1, 0.15) is 15.2 Å². The molecule has 3 N–H and O–H groups in total. The summed E-state index contributed by atoms with van der Waals surface area (Å²) in [4.78, 5) is 0.373. The highest BCUT2D eigenvalue weighted by atomic mass is 32.2. The van der Waals surface area contributed by atoms with E-state index in [1.165, 1.54) is 12.1 Å². The monoisotopic (exact) mass is 231 g/mol. The first-order valence-electron chi connectivity index (χ1n) is 3.80. The number of hydrogen-bond donors (Lipinski definition) is 2. The van der Waals surface area contributed by atoms with Gasteiger partial charge < -0.3 is 5.73 Å². The summed E-state index contributed by atoms with van der Waals surface area (Å²) in [5.74, 6) is 0. The van der Waals surface area contributed by atoms with Crippen LogP contribution in [0, 0.1) is 11.3 Å². The van der Waals surface area contributed by atoms with E-state index in [4.69, 9.17) is 11.0 Å². The Bertz CT molecular complexity index is 444. The lowest BCUT2D eigenvalue weighted by atomic mass is 10.5. The molecule has 0 unspecified atom stereocenters. The molecular weight excluding hydrogens is 222 g/mol. The van der Waals surface area contributed by atoms with Crippen LogP contribution in [0.3, 0.4) is 0 Å². The molecule has 14 heavy (non-hydrogen) atoms. The van der Waals surface area contributed by atoms with Gasteiger partial charge in [0, 0.05) is 13.1 Å². The highest BCUT2D eigenvalue weighted by Crippen LogP contribution is 2.20. The molecule has 1 heterocycles. The van der Waals surface area contributed by atoms with Crippen molar-refractivity contribution in [1.82, 2.24) is 4.72 Å². The van der Waals surface area contributed by atoms with Crippen molar-refractivity contribution in [3.63, 3.8) is 0 Å². The largest absolute Gasteiger partial charge is 0.329 e. The van der Waals surface area contributed by atoms with Crippen LogP contribution >= 0.6 is 11.3 Å². The number of nitrogens with one attached hydrogen (secondary N) is 1. The molecule has 0 saturated heterocycles. The van der Waals surface area contributed by atoms with Gasteiger partial charge in [-0.1, -0.05) is 0 Å². The topological polar surface area (TPSA) is 96.0 Å². The smallest absolute Gasteiger partial charge is 0.250 e. The minimum Gasteiger partial charge on any atom is -0.329 e. The number of hydrogen-bond acceptors (Lipinski definition) is 5. The van der Waals surface area contributed by atoms with Gasteiger partial charge in [0.25, 0.3) is 0 Å². The summed E-state index contributed by atoms with van der Waals surface area (Å²) in [5, 5.41) is 8.52. The van der Waals surface area contributed by atoms with E-state index < -0.39 is 10.0 Å². The zero-order chi connectivity index (χ0) is 10.6. The zero-order valence-electron chi connectivity index (χ0n) is 7.23. The molecule has 0 aromatic carbocycles. The van der Waals surface area contributed by atoms with Crippen LogP contribution in [-0.4, -0.2) is 21.5 Å². The van der Waals surface area contributed by atoms with Crippen molar-refractivity contribution in [3.8, 4) is 6.07 Å². The van der Waals surface area contributed by atoms with Crippen LogP contribution in [0.4, 0.5) is 0 Å². The molecule has 0 bridgehead atoms. The Balaban J connectivity index is 2.88. The first kappa shape index (κ1) is 11.1. The van der Waals surface area contributed by atoms with Crippen LogP contribution in [0.1, 0.15) is 4.88 Å². The van der Waals surface area contributed by atoms with Gasteiger partial charge in [-0.15, -0.1) is 11.3 Å². The molecule has 0 aliphatic heterocycles. The highest BCUT2D eigenvalue weighted by Gasteiger charge is 2.15. The van der Waals surface area contributed by atoms with Crippen LogP contribution in [-0.2, 0) is 10.0 Å². The van der Waals surface area contributed by atoms with Crippen LogP contribution in [0.15, 0.2) is 16.3 Å². The Morgan fingerprint density at radius 2 is 2.29 bits per heavy atom. The van der Waals surface area contributed by atoms with Gasteiger partial charge in [-0.3, -0.25) is 0 Å². The Hall–Kier alpha value is -0.940. The Labute approximate surface area is 86.2 Å². The molecule has 0 radical (unpaired) electrons. The van der Waals surface area contributed by atoms with Crippen LogP contribution in [0.25, 0.3) is 0 Å². The average Bonchev–Trinajstić information content (AvgIpc) is 2.63. The summed E-state index contributed by atoms with van der Waals surface area (Å²) in [5.41, 5.74) is 5.17. The molecule has 0 amide bonds. The molecule has 1 aromatic heterocycles. The fourth-order valence-electron chi connectivity index (χ4n) is 0.789. The van der Waals surface area contributed by atoms with Gasteiger partial charge in [-0.25, -0.2) is 13.1 Å². The lowest BCUT2D eigenvalue weighted by molar-refractivity contribution is 0.584. The molecule has 0 fully saturated rings. The van der Waals surface area contributed by atoms with Crippen molar-refractivity contribution < 1.29 is 8.42 Å². The highest BCUT2D eigenvalue weighted by molar-refractivity contribution is 7.91. The normalized spacial score (nSPS) is 11.1. The van der Waals surface area contributed by atoms with Crippen molar-refractivity contribution in [3.05, 3.63) is 17.0 Å². The molecule has 1 aromatic rings. The van der Waals surface area contributed by atoms with E-state index in [1.807, 2.05) is 6.07 Å². The number of nitrogens with zero attached hydrogens (tertiary/aromatic N) is 1. The Morgan fingerprint density at radius 1 is 1.57 bits per heavy atom. The molecule has 0 atom stereocenters. The number of rotatable bonds is 4. The summed E-state index contributed by atoms with van der Waals surface area (Å²) < 4.78 is 25.4. The molecule has 5 nitrogen and oxygen atoms in total. The molecule has 0 saturated carbocycles. The van der Waals surface area contributed by atoms with E-state index in [9.17, 15) is 8.42 Å². The molecule has 0 aliphatic rings. The first-order chi connectivity index (χ1) is 6.60. The van der Waals surface area contributed by atoms with Crippen LogP contribution in [0.5, 0.6) is 0 Å². The second-order valence-electron chi connectivity index (χ2n) is 2.42.